The molecule has 1 heterocycles. The number of rotatable bonds is 6. The molecule has 0 aliphatic carbocycles. The van der Waals surface area contributed by atoms with Gasteiger partial charge in [0.05, 0.1) is 25.7 Å². The smallest absolute Gasteiger partial charge is 0.308 e. The van der Waals surface area contributed by atoms with Gasteiger partial charge in [-0.1, -0.05) is 0 Å². The van der Waals surface area contributed by atoms with Crippen molar-refractivity contribution in [2.24, 2.45) is 5.92 Å². The quantitative estimate of drug-likeness (QED) is 0.553. The number of ether oxygens (including phenoxy) is 1. The van der Waals surface area contributed by atoms with Gasteiger partial charge in [-0.25, -0.2) is 0 Å². The van der Waals surface area contributed by atoms with Crippen molar-refractivity contribution in [3.8, 4) is 0 Å². The van der Waals surface area contributed by atoms with E-state index in [1.165, 1.54) is 4.90 Å². The largest absolute Gasteiger partial charge is 0.481 e. The fourth-order valence-corrected chi connectivity index (χ4v) is 1.50. The van der Waals surface area contributed by atoms with Gasteiger partial charge < -0.3 is 19.8 Å². The van der Waals surface area contributed by atoms with E-state index in [1.807, 2.05) is 0 Å². The first-order valence-electron chi connectivity index (χ1n) is 4.84. The second-order valence-corrected chi connectivity index (χ2v) is 3.42. The molecule has 0 aromatic heterocycles. The zero-order chi connectivity index (χ0) is 11.3. The predicted octanol–water partition coefficient (Wildman–Crippen LogP) is -1.07. The minimum Gasteiger partial charge on any atom is -0.481 e. The van der Waals surface area contributed by atoms with Gasteiger partial charge in [0.25, 0.3) is 0 Å². The van der Waals surface area contributed by atoms with E-state index in [0.29, 0.717) is 13.2 Å². The molecule has 1 unspecified atom stereocenters. The van der Waals surface area contributed by atoms with Gasteiger partial charge in [0.2, 0.25) is 5.91 Å². The third-order valence-electron chi connectivity index (χ3n) is 2.30. The maximum Gasteiger partial charge on any atom is 0.308 e. The van der Waals surface area contributed by atoms with Gasteiger partial charge in [0, 0.05) is 19.5 Å². The number of carbonyl (C=O) groups is 2. The van der Waals surface area contributed by atoms with Crippen LogP contribution in [0.5, 0.6) is 0 Å². The van der Waals surface area contributed by atoms with E-state index < -0.39 is 11.9 Å². The van der Waals surface area contributed by atoms with Crippen LogP contribution in [-0.2, 0) is 14.3 Å². The van der Waals surface area contributed by atoms with Crippen LogP contribution >= 0.6 is 0 Å². The summed E-state index contributed by atoms with van der Waals surface area (Å²) < 4.78 is 5.00. The van der Waals surface area contributed by atoms with Crippen LogP contribution in [0, 0.1) is 5.92 Å². The van der Waals surface area contributed by atoms with Crippen molar-refractivity contribution in [1.82, 2.24) is 4.90 Å². The van der Waals surface area contributed by atoms with E-state index in [-0.39, 0.29) is 32.1 Å². The Morgan fingerprint density at radius 2 is 2.27 bits per heavy atom. The number of nitrogens with zero attached hydrogens (tertiary/aromatic N) is 1. The summed E-state index contributed by atoms with van der Waals surface area (Å²) in [6, 6.07) is 0. The van der Waals surface area contributed by atoms with E-state index in [2.05, 4.69) is 0 Å². The average molecular weight is 217 g/mol. The van der Waals surface area contributed by atoms with E-state index in [1.54, 1.807) is 0 Å². The molecule has 0 radical (unpaired) electrons. The lowest BCUT2D eigenvalue weighted by atomic mass is 10.1. The van der Waals surface area contributed by atoms with E-state index in [9.17, 15) is 9.59 Å². The molecule has 0 saturated carbocycles. The van der Waals surface area contributed by atoms with Gasteiger partial charge in [0.15, 0.2) is 0 Å². The highest BCUT2D eigenvalue weighted by atomic mass is 16.5. The lowest BCUT2D eigenvalue weighted by molar-refractivity contribution is -0.141. The molecule has 2 N–H and O–H groups in total. The SMILES string of the molecule is O=C(O)C1CC(=O)N(CCOCCO)C1. The highest BCUT2D eigenvalue weighted by molar-refractivity contribution is 5.86. The molecule has 0 aromatic carbocycles. The number of carboxylic acid groups (broad SMARTS) is 1. The second-order valence-electron chi connectivity index (χ2n) is 3.42. The first-order chi connectivity index (χ1) is 7.15. The van der Waals surface area contributed by atoms with Gasteiger partial charge in [-0.15, -0.1) is 0 Å². The Kier molecular flexibility index (Phi) is 4.51. The van der Waals surface area contributed by atoms with Crippen molar-refractivity contribution >= 4 is 11.9 Å². The molecule has 1 rings (SSSR count). The number of aliphatic hydroxyl groups excluding tert-OH is 1. The molecule has 1 aliphatic heterocycles. The Balaban J connectivity index is 2.25. The molecule has 1 saturated heterocycles. The van der Waals surface area contributed by atoms with Crippen LogP contribution in [0.4, 0.5) is 0 Å². The molecule has 0 bridgehead atoms. The Morgan fingerprint density at radius 3 is 2.80 bits per heavy atom. The molecule has 1 atom stereocenters. The summed E-state index contributed by atoms with van der Waals surface area (Å²) in [7, 11) is 0. The number of aliphatic hydroxyl groups is 1. The van der Waals surface area contributed by atoms with Gasteiger partial charge in [0.1, 0.15) is 0 Å². The highest BCUT2D eigenvalue weighted by Crippen LogP contribution is 2.17. The van der Waals surface area contributed by atoms with Crippen LogP contribution in [0.3, 0.4) is 0 Å². The highest BCUT2D eigenvalue weighted by Gasteiger charge is 2.33. The van der Waals surface area contributed by atoms with E-state index in [0.717, 1.165) is 0 Å². The molecule has 6 heteroatoms. The number of hydrogen-bond acceptors (Lipinski definition) is 4. The molecule has 0 spiro atoms. The molecule has 6 nitrogen and oxygen atoms in total. The fourth-order valence-electron chi connectivity index (χ4n) is 1.50. The minimum absolute atomic E-state index is 0.0499. The summed E-state index contributed by atoms with van der Waals surface area (Å²) in [4.78, 5) is 23.4. The van der Waals surface area contributed by atoms with Crippen molar-refractivity contribution in [2.45, 2.75) is 6.42 Å². The van der Waals surface area contributed by atoms with Crippen molar-refractivity contribution in [3.05, 3.63) is 0 Å². The molecule has 0 aromatic rings. The third-order valence-corrected chi connectivity index (χ3v) is 2.30. The summed E-state index contributed by atoms with van der Waals surface area (Å²) >= 11 is 0. The molecular formula is C9H15NO5. The predicted molar refractivity (Wildman–Crippen MR) is 50.2 cm³/mol. The zero-order valence-electron chi connectivity index (χ0n) is 8.39. The number of likely N-dealkylation sites (tertiary alicyclic amines) is 1. The molecule has 86 valence electrons. The van der Waals surface area contributed by atoms with Gasteiger partial charge in [-0.05, 0) is 0 Å². The van der Waals surface area contributed by atoms with Crippen LogP contribution in [0.25, 0.3) is 0 Å². The van der Waals surface area contributed by atoms with Crippen LogP contribution < -0.4 is 0 Å². The molecule has 1 amide bonds. The summed E-state index contributed by atoms with van der Waals surface area (Å²) in [5.41, 5.74) is 0. The average Bonchev–Trinajstić information content (AvgIpc) is 2.55. The van der Waals surface area contributed by atoms with Gasteiger partial charge in [-0.3, -0.25) is 9.59 Å². The number of carbonyl (C=O) groups excluding carboxylic acids is 1. The Labute approximate surface area is 87.4 Å². The number of hydrogen-bond donors (Lipinski definition) is 2. The summed E-state index contributed by atoms with van der Waals surface area (Å²) in [6.45, 7) is 1.17. The minimum atomic E-state index is -0.929. The molecule has 1 aliphatic rings. The van der Waals surface area contributed by atoms with E-state index in [4.69, 9.17) is 14.9 Å². The Hall–Kier alpha value is -1.14. The van der Waals surface area contributed by atoms with Crippen LogP contribution in [0.1, 0.15) is 6.42 Å². The van der Waals surface area contributed by atoms with E-state index >= 15 is 0 Å². The van der Waals surface area contributed by atoms with Crippen molar-refractivity contribution in [2.75, 3.05) is 32.9 Å². The maximum absolute atomic E-state index is 11.3. The van der Waals surface area contributed by atoms with Crippen molar-refractivity contribution < 1.29 is 24.5 Å². The first kappa shape index (κ1) is 11.9. The lowest BCUT2D eigenvalue weighted by Crippen LogP contribution is -2.30. The Bertz CT molecular complexity index is 243. The monoisotopic (exact) mass is 217 g/mol. The van der Waals surface area contributed by atoms with Crippen molar-refractivity contribution in [3.63, 3.8) is 0 Å². The Morgan fingerprint density at radius 1 is 1.53 bits per heavy atom. The topological polar surface area (TPSA) is 87.1 Å². The van der Waals surface area contributed by atoms with Crippen LogP contribution in [-0.4, -0.2) is 59.9 Å². The number of carboxylic acids is 1. The number of aliphatic carboxylic acids is 1. The number of amides is 1. The van der Waals surface area contributed by atoms with Crippen LogP contribution in [0.15, 0.2) is 0 Å². The van der Waals surface area contributed by atoms with Gasteiger partial charge >= 0.3 is 5.97 Å². The lowest BCUT2D eigenvalue weighted by Gasteiger charge is -2.15. The summed E-state index contributed by atoms with van der Waals surface area (Å²) in [5.74, 6) is -1.66. The molecule has 15 heavy (non-hydrogen) atoms. The van der Waals surface area contributed by atoms with Crippen LogP contribution in [0.2, 0.25) is 0 Å². The standard InChI is InChI=1S/C9H15NO5/c11-2-4-15-3-1-10-6-7(9(13)14)5-8(10)12/h7,11H,1-6H2,(H,13,14). The normalized spacial score (nSPS) is 21.0. The molecule has 1 fully saturated rings. The third kappa shape index (κ3) is 3.49. The zero-order valence-corrected chi connectivity index (χ0v) is 8.39. The van der Waals surface area contributed by atoms with Gasteiger partial charge in [-0.2, -0.15) is 0 Å². The first-order valence-corrected chi connectivity index (χ1v) is 4.84. The summed E-state index contributed by atoms with van der Waals surface area (Å²) in [6.07, 6.45) is 0.0787. The second kappa shape index (κ2) is 5.67. The molecular weight excluding hydrogens is 202 g/mol. The summed E-state index contributed by atoms with van der Waals surface area (Å²) in [5, 5.41) is 17.2. The maximum atomic E-state index is 11.3. The fraction of sp³-hybridized carbons (Fsp3) is 0.778. The van der Waals surface area contributed by atoms with Crippen molar-refractivity contribution in [1.29, 1.82) is 0 Å².